The van der Waals surface area contributed by atoms with E-state index in [1.807, 2.05) is 37.3 Å². The zero-order valence-electron chi connectivity index (χ0n) is 21.9. The molecular formula is C31H32FN3O4. The molecular weight excluding hydrogens is 497 g/mol. The summed E-state index contributed by atoms with van der Waals surface area (Å²) >= 11 is 0. The number of imide groups is 1. The van der Waals surface area contributed by atoms with Crippen LogP contribution in [0, 0.1) is 5.82 Å². The summed E-state index contributed by atoms with van der Waals surface area (Å²) in [6.07, 6.45) is 1.33. The van der Waals surface area contributed by atoms with Crippen molar-refractivity contribution < 1.29 is 23.6 Å². The molecule has 0 aliphatic carbocycles. The molecule has 0 spiro atoms. The molecule has 3 aromatic rings. The number of nitrogens with zero attached hydrogens (tertiary/aromatic N) is 2. The number of halogens is 1. The lowest BCUT2D eigenvalue weighted by Crippen LogP contribution is -2.50. The van der Waals surface area contributed by atoms with E-state index in [2.05, 4.69) is 5.32 Å². The number of fused-ring (bicyclic) bond motifs is 1. The molecule has 0 fully saturated rings. The average Bonchev–Trinajstić information content (AvgIpc) is 3.20. The van der Waals surface area contributed by atoms with Crippen molar-refractivity contribution in [1.82, 2.24) is 15.1 Å². The lowest BCUT2D eigenvalue weighted by Gasteiger charge is -2.32. The lowest BCUT2D eigenvalue weighted by molar-refractivity contribution is -0.141. The van der Waals surface area contributed by atoms with Crippen LogP contribution in [-0.4, -0.2) is 52.6 Å². The van der Waals surface area contributed by atoms with Crippen LogP contribution in [0.3, 0.4) is 0 Å². The Bertz CT molecular complexity index is 1290. The van der Waals surface area contributed by atoms with Gasteiger partial charge in [-0.2, -0.15) is 0 Å². The highest BCUT2D eigenvalue weighted by atomic mass is 19.1. The Hall–Kier alpha value is -4.33. The van der Waals surface area contributed by atoms with Crippen molar-refractivity contribution in [2.75, 3.05) is 13.1 Å². The van der Waals surface area contributed by atoms with Crippen LogP contribution in [0.2, 0.25) is 0 Å². The van der Waals surface area contributed by atoms with Crippen molar-refractivity contribution in [1.29, 1.82) is 0 Å². The molecule has 0 saturated heterocycles. The van der Waals surface area contributed by atoms with Gasteiger partial charge in [0.05, 0.1) is 11.1 Å². The molecule has 4 amide bonds. The Morgan fingerprint density at radius 2 is 1.49 bits per heavy atom. The number of carbonyl (C=O) groups is 4. The third kappa shape index (κ3) is 6.76. The van der Waals surface area contributed by atoms with E-state index in [9.17, 15) is 23.6 Å². The Morgan fingerprint density at radius 1 is 0.872 bits per heavy atom. The van der Waals surface area contributed by atoms with E-state index in [-0.39, 0.29) is 55.4 Å². The van der Waals surface area contributed by atoms with Gasteiger partial charge in [0.1, 0.15) is 11.9 Å². The zero-order chi connectivity index (χ0) is 27.8. The van der Waals surface area contributed by atoms with Gasteiger partial charge >= 0.3 is 0 Å². The van der Waals surface area contributed by atoms with E-state index in [0.717, 1.165) is 16.9 Å². The van der Waals surface area contributed by atoms with Gasteiger partial charge in [-0.3, -0.25) is 24.1 Å². The Balaban J connectivity index is 1.53. The summed E-state index contributed by atoms with van der Waals surface area (Å²) in [5.74, 6) is -1.68. The minimum absolute atomic E-state index is 0.0287. The van der Waals surface area contributed by atoms with Gasteiger partial charge in [-0.25, -0.2) is 4.39 Å². The number of rotatable bonds is 12. The SMILES string of the molecule is CCCNC(=O)C(Cc1ccccc1)N(Cc1ccc(F)cc1)C(=O)CCCN1C(=O)c2ccccc2C1=O. The van der Waals surface area contributed by atoms with Crippen LogP contribution < -0.4 is 5.32 Å². The van der Waals surface area contributed by atoms with Crippen molar-refractivity contribution in [3.8, 4) is 0 Å². The van der Waals surface area contributed by atoms with E-state index >= 15 is 0 Å². The maximum atomic E-state index is 13.7. The molecule has 0 aromatic heterocycles. The zero-order valence-corrected chi connectivity index (χ0v) is 21.9. The summed E-state index contributed by atoms with van der Waals surface area (Å²) in [7, 11) is 0. The first-order valence-electron chi connectivity index (χ1n) is 13.2. The van der Waals surface area contributed by atoms with Gasteiger partial charge in [-0.05, 0) is 48.2 Å². The van der Waals surface area contributed by atoms with Crippen LogP contribution in [-0.2, 0) is 22.6 Å². The molecule has 1 atom stereocenters. The molecule has 0 radical (unpaired) electrons. The third-order valence-electron chi connectivity index (χ3n) is 6.74. The molecule has 0 saturated carbocycles. The molecule has 1 aliphatic heterocycles. The molecule has 1 unspecified atom stereocenters. The monoisotopic (exact) mass is 529 g/mol. The second-order valence-electron chi connectivity index (χ2n) is 9.56. The normalized spacial score (nSPS) is 13.2. The largest absolute Gasteiger partial charge is 0.354 e. The molecule has 3 aromatic carbocycles. The average molecular weight is 530 g/mol. The first-order chi connectivity index (χ1) is 18.9. The van der Waals surface area contributed by atoms with Crippen LogP contribution in [0.1, 0.15) is 58.0 Å². The van der Waals surface area contributed by atoms with Crippen LogP contribution in [0.5, 0.6) is 0 Å². The van der Waals surface area contributed by atoms with Crippen molar-refractivity contribution in [3.63, 3.8) is 0 Å². The minimum atomic E-state index is -0.796. The predicted molar refractivity (Wildman–Crippen MR) is 145 cm³/mol. The van der Waals surface area contributed by atoms with Crippen molar-refractivity contribution in [2.24, 2.45) is 0 Å². The highest BCUT2D eigenvalue weighted by molar-refractivity contribution is 6.21. The Kier molecular flexibility index (Phi) is 9.20. The van der Waals surface area contributed by atoms with E-state index in [1.54, 1.807) is 36.4 Å². The molecule has 0 bridgehead atoms. The number of hydrogen-bond donors (Lipinski definition) is 1. The van der Waals surface area contributed by atoms with Crippen LogP contribution >= 0.6 is 0 Å². The van der Waals surface area contributed by atoms with Gasteiger partial charge in [-0.15, -0.1) is 0 Å². The fourth-order valence-corrected chi connectivity index (χ4v) is 4.68. The second kappa shape index (κ2) is 13.0. The topological polar surface area (TPSA) is 86.8 Å². The molecule has 1 N–H and O–H groups in total. The standard InChI is InChI=1S/C31H32FN3O4/c1-2-18-33-29(37)27(20-22-9-4-3-5-10-22)35(21-23-14-16-24(32)17-15-23)28(36)13-8-19-34-30(38)25-11-6-7-12-26(25)31(34)39/h3-7,9-12,14-17,27H,2,8,13,18-21H2,1H3,(H,33,37). The fraction of sp³-hybridized carbons (Fsp3) is 0.290. The maximum absolute atomic E-state index is 13.7. The van der Waals surface area contributed by atoms with Crippen LogP contribution in [0.15, 0.2) is 78.9 Å². The summed E-state index contributed by atoms with van der Waals surface area (Å²) in [5, 5.41) is 2.92. The first-order valence-corrected chi connectivity index (χ1v) is 13.2. The van der Waals surface area contributed by atoms with Gasteiger partial charge in [-0.1, -0.05) is 61.5 Å². The number of hydrogen-bond acceptors (Lipinski definition) is 4. The molecule has 202 valence electrons. The minimum Gasteiger partial charge on any atom is -0.354 e. The second-order valence-corrected chi connectivity index (χ2v) is 9.56. The molecule has 1 heterocycles. The van der Waals surface area contributed by atoms with Gasteiger partial charge < -0.3 is 10.2 Å². The van der Waals surface area contributed by atoms with Crippen molar-refractivity contribution in [3.05, 3.63) is 107 Å². The molecule has 1 aliphatic rings. The van der Waals surface area contributed by atoms with Crippen LogP contribution in [0.25, 0.3) is 0 Å². The van der Waals surface area contributed by atoms with Gasteiger partial charge in [0, 0.05) is 32.5 Å². The molecule has 39 heavy (non-hydrogen) atoms. The van der Waals surface area contributed by atoms with E-state index in [4.69, 9.17) is 0 Å². The Labute approximate surface area is 227 Å². The molecule has 8 heteroatoms. The quantitative estimate of drug-likeness (QED) is 0.353. The van der Waals surface area contributed by atoms with Crippen LogP contribution in [0.4, 0.5) is 4.39 Å². The summed E-state index contributed by atoms with van der Waals surface area (Å²) in [6.45, 7) is 2.63. The first kappa shape index (κ1) is 27.7. The van der Waals surface area contributed by atoms with E-state index in [1.165, 1.54) is 17.0 Å². The van der Waals surface area contributed by atoms with Crippen molar-refractivity contribution >= 4 is 23.6 Å². The third-order valence-corrected chi connectivity index (χ3v) is 6.74. The van der Waals surface area contributed by atoms with Gasteiger partial charge in [0.15, 0.2) is 0 Å². The molecule has 7 nitrogen and oxygen atoms in total. The number of amides is 4. The lowest BCUT2D eigenvalue weighted by atomic mass is 10.0. The maximum Gasteiger partial charge on any atom is 0.261 e. The Morgan fingerprint density at radius 3 is 2.10 bits per heavy atom. The number of nitrogens with one attached hydrogen (secondary N) is 1. The van der Waals surface area contributed by atoms with Crippen molar-refractivity contribution in [2.45, 2.75) is 45.2 Å². The summed E-state index contributed by atoms with van der Waals surface area (Å²) in [4.78, 5) is 55.1. The highest BCUT2D eigenvalue weighted by Crippen LogP contribution is 2.23. The number of benzene rings is 3. The summed E-state index contributed by atoms with van der Waals surface area (Å²) in [5.41, 5.74) is 2.31. The molecule has 4 rings (SSSR count). The predicted octanol–water partition coefficient (Wildman–Crippen LogP) is 4.37. The summed E-state index contributed by atoms with van der Waals surface area (Å²) in [6, 6.07) is 21.2. The fourth-order valence-electron chi connectivity index (χ4n) is 4.68. The van der Waals surface area contributed by atoms with E-state index in [0.29, 0.717) is 29.7 Å². The highest BCUT2D eigenvalue weighted by Gasteiger charge is 2.35. The summed E-state index contributed by atoms with van der Waals surface area (Å²) < 4.78 is 13.6. The smallest absolute Gasteiger partial charge is 0.261 e. The van der Waals surface area contributed by atoms with Gasteiger partial charge in [0.25, 0.3) is 11.8 Å². The number of carbonyl (C=O) groups excluding carboxylic acids is 4. The van der Waals surface area contributed by atoms with E-state index < -0.39 is 6.04 Å². The van der Waals surface area contributed by atoms with Gasteiger partial charge in [0.2, 0.25) is 11.8 Å².